The van der Waals surface area contributed by atoms with Gasteiger partial charge in [-0.1, -0.05) is 20.8 Å². The summed E-state index contributed by atoms with van der Waals surface area (Å²) in [6.07, 6.45) is 0. The molecule has 0 unspecified atom stereocenters. The van der Waals surface area contributed by atoms with E-state index in [1.165, 1.54) is 0 Å². The standard InChI is InChI=1S/C10H18N2S2.ClH/c1-10(2,3)14-5-4-11-6-9-7-13-8-12-9;/h7-8,11H,4-6H2,1-3H3;1H. The van der Waals surface area contributed by atoms with Gasteiger partial charge in [-0.2, -0.15) is 11.8 Å². The average Bonchev–Trinajstić information content (AvgIpc) is 2.54. The van der Waals surface area contributed by atoms with E-state index in [1.54, 1.807) is 11.3 Å². The molecule has 1 N–H and O–H groups in total. The first-order valence-corrected chi connectivity index (χ1v) is 6.72. The molecule has 5 heteroatoms. The van der Waals surface area contributed by atoms with Gasteiger partial charge in [-0.3, -0.25) is 0 Å². The lowest BCUT2D eigenvalue weighted by Gasteiger charge is -2.17. The summed E-state index contributed by atoms with van der Waals surface area (Å²) >= 11 is 3.64. The van der Waals surface area contributed by atoms with Crippen molar-refractivity contribution in [2.45, 2.75) is 32.1 Å². The molecule has 15 heavy (non-hydrogen) atoms. The highest BCUT2D eigenvalue weighted by Crippen LogP contribution is 2.21. The van der Waals surface area contributed by atoms with Crippen molar-refractivity contribution < 1.29 is 0 Å². The Bertz CT molecular complexity index is 244. The fourth-order valence-electron chi connectivity index (χ4n) is 0.971. The van der Waals surface area contributed by atoms with Gasteiger partial charge in [0, 0.05) is 29.0 Å². The second-order valence-electron chi connectivity index (χ2n) is 4.12. The third kappa shape index (κ3) is 8.08. The molecule has 0 radical (unpaired) electrons. The molecule has 0 aliphatic rings. The van der Waals surface area contributed by atoms with Crippen LogP contribution < -0.4 is 5.32 Å². The average molecular weight is 267 g/mol. The number of halogens is 1. The second-order valence-corrected chi connectivity index (χ2v) is 6.76. The Labute approximate surface area is 107 Å². The summed E-state index contributed by atoms with van der Waals surface area (Å²) in [4.78, 5) is 4.21. The molecule has 0 fully saturated rings. The summed E-state index contributed by atoms with van der Waals surface area (Å²) in [7, 11) is 0. The zero-order chi connectivity index (χ0) is 10.4. The van der Waals surface area contributed by atoms with Gasteiger partial charge in [0.1, 0.15) is 0 Å². The van der Waals surface area contributed by atoms with Crippen LogP contribution in [0.15, 0.2) is 10.9 Å². The summed E-state index contributed by atoms with van der Waals surface area (Å²) in [5.74, 6) is 1.16. The maximum atomic E-state index is 4.21. The molecule has 0 aromatic carbocycles. The van der Waals surface area contributed by atoms with Crippen LogP contribution in [0.2, 0.25) is 0 Å². The number of hydrogen-bond acceptors (Lipinski definition) is 4. The van der Waals surface area contributed by atoms with Crippen LogP contribution in [0.1, 0.15) is 26.5 Å². The summed E-state index contributed by atoms with van der Waals surface area (Å²) in [5, 5.41) is 5.47. The van der Waals surface area contributed by atoms with Crippen LogP contribution in [0.4, 0.5) is 0 Å². The summed E-state index contributed by atoms with van der Waals surface area (Å²) in [6.45, 7) is 8.70. The lowest BCUT2D eigenvalue weighted by atomic mass is 10.3. The predicted octanol–water partition coefficient (Wildman–Crippen LogP) is 3.19. The van der Waals surface area contributed by atoms with Gasteiger partial charge < -0.3 is 5.32 Å². The number of rotatable bonds is 5. The number of nitrogens with one attached hydrogen (secondary N) is 1. The highest BCUT2D eigenvalue weighted by atomic mass is 35.5. The molecule has 1 rings (SSSR count). The van der Waals surface area contributed by atoms with Gasteiger partial charge in [0.05, 0.1) is 11.2 Å². The lowest BCUT2D eigenvalue weighted by molar-refractivity contribution is 0.714. The minimum Gasteiger partial charge on any atom is -0.310 e. The third-order valence-corrected chi connectivity index (χ3v) is 3.51. The van der Waals surface area contributed by atoms with Gasteiger partial charge in [-0.15, -0.1) is 23.7 Å². The van der Waals surface area contributed by atoms with Gasteiger partial charge in [-0.25, -0.2) is 4.98 Å². The number of aromatic nitrogens is 1. The van der Waals surface area contributed by atoms with Crippen LogP contribution in [-0.4, -0.2) is 22.0 Å². The molecule has 0 spiro atoms. The van der Waals surface area contributed by atoms with Gasteiger partial charge in [-0.05, 0) is 0 Å². The van der Waals surface area contributed by atoms with E-state index in [0.717, 1.165) is 24.5 Å². The van der Waals surface area contributed by atoms with Crippen molar-refractivity contribution in [3.63, 3.8) is 0 Å². The Morgan fingerprint density at radius 1 is 1.47 bits per heavy atom. The summed E-state index contributed by atoms with van der Waals surface area (Å²) in [6, 6.07) is 0. The fraction of sp³-hybridized carbons (Fsp3) is 0.700. The molecule has 1 heterocycles. The number of hydrogen-bond donors (Lipinski definition) is 1. The summed E-state index contributed by atoms with van der Waals surface area (Å²) in [5.41, 5.74) is 3.02. The molecule has 0 aliphatic heterocycles. The molecule has 0 bridgehead atoms. The second kappa shape index (κ2) is 7.49. The van der Waals surface area contributed by atoms with E-state index in [4.69, 9.17) is 0 Å². The molecule has 1 aromatic heterocycles. The fourth-order valence-corrected chi connectivity index (χ4v) is 2.39. The molecule has 0 aliphatic carbocycles. The normalized spacial score (nSPS) is 11.1. The van der Waals surface area contributed by atoms with Crippen molar-refractivity contribution in [2.75, 3.05) is 12.3 Å². The van der Waals surface area contributed by atoms with Crippen LogP contribution in [0.5, 0.6) is 0 Å². The minimum atomic E-state index is 0. The molecule has 88 valence electrons. The van der Waals surface area contributed by atoms with E-state index in [9.17, 15) is 0 Å². The maximum Gasteiger partial charge on any atom is 0.0795 e. The van der Waals surface area contributed by atoms with Gasteiger partial charge >= 0.3 is 0 Å². The van der Waals surface area contributed by atoms with Gasteiger partial charge in [0.15, 0.2) is 0 Å². The molecular formula is C10H19ClN2S2. The van der Waals surface area contributed by atoms with E-state index in [0.29, 0.717) is 4.75 Å². The molecule has 0 saturated carbocycles. The molecule has 2 nitrogen and oxygen atoms in total. The van der Waals surface area contributed by atoms with E-state index >= 15 is 0 Å². The highest BCUT2D eigenvalue weighted by Gasteiger charge is 2.08. The van der Waals surface area contributed by atoms with E-state index in [1.807, 2.05) is 17.3 Å². The predicted molar refractivity (Wildman–Crippen MR) is 73.3 cm³/mol. The lowest BCUT2D eigenvalue weighted by Crippen LogP contribution is -2.19. The van der Waals surface area contributed by atoms with Crippen molar-refractivity contribution in [1.82, 2.24) is 10.3 Å². The van der Waals surface area contributed by atoms with Crippen LogP contribution >= 0.6 is 35.5 Å². The largest absolute Gasteiger partial charge is 0.310 e. The Hall–Kier alpha value is 0.230. The van der Waals surface area contributed by atoms with E-state index in [2.05, 4.69) is 36.5 Å². The van der Waals surface area contributed by atoms with Crippen molar-refractivity contribution >= 4 is 35.5 Å². The quantitative estimate of drug-likeness (QED) is 0.829. The first kappa shape index (κ1) is 15.2. The molecule has 0 atom stereocenters. The van der Waals surface area contributed by atoms with Crippen molar-refractivity contribution in [2.24, 2.45) is 0 Å². The minimum absolute atomic E-state index is 0. The monoisotopic (exact) mass is 266 g/mol. The SMILES string of the molecule is CC(C)(C)SCCNCc1cscn1.Cl. The Morgan fingerprint density at radius 2 is 2.20 bits per heavy atom. The summed E-state index contributed by atoms with van der Waals surface area (Å²) < 4.78 is 0.377. The van der Waals surface area contributed by atoms with Gasteiger partial charge in [0.25, 0.3) is 0 Å². The maximum absolute atomic E-state index is 4.21. The molecule has 1 aromatic rings. The van der Waals surface area contributed by atoms with Crippen LogP contribution in [-0.2, 0) is 6.54 Å². The number of nitrogens with zero attached hydrogens (tertiary/aromatic N) is 1. The highest BCUT2D eigenvalue weighted by molar-refractivity contribution is 8.00. The van der Waals surface area contributed by atoms with Crippen molar-refractivity contribution in [1.29, 1.82) is 0 Å². The molecular weight excluding hydrogens is 248 g/mol. The van der Waals surface area contributed by atoms with Crippen LogP contribution in [0.3, 0.4) is 0 Å². The molecule has 0 saturated heterocycles. The first-order valence-electron chi connectivity index (χ1n) is 4.80. The smallest absolute Gasteiger partial charge is 0.0795 e. The Balaban J connectivity index is 0.00000196. The third-order valence-electron chi connectivity index (χ3n) is 1.60. The topological polar surface area (TPSA) is 24.9 Å². The van der Waals surface area contributed by atoms with Gasteiger partial charge in [0.2, 0.25) is 0 Å². The first-order chi connectivity index (χ1) is 6.58. The molecule has 0 amide bonds. The Kier molecular flexibility index (Phi) is 7.61. The Morgan fingerprint density at radius 3 is 2.73 bits per heavy atom. The van der Waals surface area contributed by atoms with Crippen molar-refractivity contribution in [3.8, 4) is 0 Å². The van der Waals surface area contributed by atoms with E-state index < -0.39 is 0 Å². The van der Waals surface area contributed by atoms with Crippen LogP contribution in [0, 0.1) is 0 Å². The number of thioether (sulfide) groups is 1. The van der Waals surface area contributed by atoms with Crippen LogP contribution in [0.25, 0.3) is 0 Å². The zero-order valence-corrected chi connectivity index (χ0v) is 11.9. The van der Waals surface area contributed by atoms with E-state index in [-0.39, 0.29) is 12.4 Å². The zero-order valence-electron chi connectivity index (χ0n) is 9.45. The van der Waals surface area contributed by atoms with Crippen molar-refractivity contribution in [3.05, 3.63) is 16.6 Å². The number of thiazole rings is 1.